The second-order valence-corrected chi connectivity index (χ2v) is 6.95. The second-order valence-electron chi connectivity index (χ2n) is 4.20. The van der Waals surface area contributed by atoms with Crippen molar-refractivity contribution in [1.82, 2.24) is 8.01 Å². The Labute approximate surface area is 114 Å². The van der Waals surface area contributed by atoms with Gasteiger partial charge >= 0.3 is 0 Å². The van der Waals surface area contributed by atoms with E-state index in [1.165, 1.54) is 49.1 Å². The van der Waals surface area contributed by atoms with Gasteiger partial charge in [-0.3, -0.25) is 4.90 Å². The predicted octanol–water partition coefficient (Wildman–Crippen LogP) is 2.68. The van der Waals surface area contributed by atoms with Crippen molar-refractivity contribution in [2.45, 2.75) is 12.8 Å². The monoisotopic (exact) mass is 418 g/mol. The zero-order chi connectivity index (χ0) is 9.97. The molecule has 0 spiro atoms. The molecular weight excluding hydrogens is 402 g/mol. The van der Waals surface area contributed by atoms with Crippen LogP contribution < -0.4 is 0 Å². The lowest BCUT2D eigenvalue weighted by Crippen LogP contribution is -2.34. The highest BCUT2D eigenvalue weighted by atomic mass is 127. The highest BCUT2D eigenvalue weighted by molar-refractivity contribution is 14.1. The van der Waals surface area contributed by atoms with Gasteiger partial charge in [0.2, 0.25) is 0 Å². The van der Waals surface area contributed by atoms with Crippen LogP contribution >= 0.6 is 45.5 Å². The first-order chi connectivity index (χ1) is 6.74. The number of rotatable bonds is 2. The maximum absolute atomic E-state index is 2.58. The number of hydrogen-bond acceptors (Lipinski definition) is 2. The van der Waals surface area contributed by atoms with E-state index in [-0.39, 0.29) is 0 Å². The van der Waals surface area contributed by atoms with E-state index in [0.717, 1.165) is 5.92 Å². The van der Waals surface area contributed by atoms with Gasteiger partial charge in [0, 0.05) is 59.2 Å². The van der Waals surface area contributed by atoms with Crippen LogP contribution in [-0.4, -0.2) is 40.7 Å². The molecule has 1 fully saturated rings. The molecule has 0 aromatic heterocycles. The van der Waals surface area contributed by atoms with E-state index < -0.39 is 0 Å². The number of halogens is 2. The van der Waals surface area contributed by atoms with Crippen molar-refractivity contribution in [2.24, 2.45) is 5.92 Å². The van der Waals surface area contributed by atoms with Crippen molar-refractivity contribution >= 4 is 45.5 Å². The summed E-state index contributed by atoms with van der Waals surface area (Å²) in [5.74, 6) is 0.941. The van der Waals surface area contributed by atoms with E-state index in [0.29, 0.717) is 0 Å². The summed E-state index contributed by atoms with van der Waals surface area (Å²) < 4.78 is 3.94. The Morgan fingerprint density at radius 3 is 2.64 bits per heavy atom. The Hall–Kier alpha value is 1.12. The summed E-state index contributed by atoms with van der Waals surface area (Å²) in [5.41, 5.74) is 0. The molecule has 14 heavy (non-hydrogen) atoms. The molecule has 2 aliphatic heterocycles. The van der Waals surface area contributed by atoms with Crippen LogP contribution in [0.25, 0.3) is 0 Å². The van der Waals surface area contributed by atoms with Crippen LogP contribution in [-0.2, 0) is 0 Å². The molecule has 0 atom stereocenters. The molecule has 0 aliphatic carbocycles. The molecule has 2 rings (SSSR count). The minimum Gasteiger partial charge on any atom is -0.295 e. The van der Waals surface area contributed by atoms with Crippen molar-refractivity contribution < 1.29 is 0 Å². The van der Waals surface area contributed by atoms with Gasteiger partial charge in [-0.15, -0.1) is 0 Å². The minimum atomic E-state index is 0.941. The average molecular weight is 418 g/mol. The van der Waals surface area contributed by atoms with Crippen molar-refractivity contribution in [3.8, 4) is 0 Å². The lowest BCUT2D eigenvalue weighted by molar-refractivity contribution is 0.224. The summed E-state index contributed by atoms with van der Waals surface area (Å²) >= 11 is 4.90. The summed E-state index contributed by atoms with van der Waals surface area (Å²) in [4.78, 5) is 2.58. The first kappa shape index (κ1) is 11.6. The van der Waals surface area contributed by atoms with E-state index in [1.807, 2.05) is 0 Å². The quantitative estimate of drug-likeness (QED) is 0.503. The Bertz CT molecular complexity index is 222. The van der Waals surface area contributed by atoms with Gasteiger partial charge in [0.1, 0.15) is 0 Å². The molecule has 0 aromatic rings. The fourth-order valence-corrected chi connectivity index (χ4v) is 3.40. The fourth-order valence-electron chi connectivity index (χ4n) is 2.16. The van der Waals surface area contributed by atoms with Gasteiger partial charge in [0.05, 0.1) is 0 Å². The van der Waals surface area contributed by atoms with Crippen molar-refractivity contribution in [3.05, 3.63) is 9.66 Å². The van der Waals surface area contributed by atoms with Crippen LogP contribution in [0.4, 0.5) is 0 Å². The third kappa shape index (κ3) is 3.31. The van der Waals surface area contributed by atoms with Crippen molar-refractivity contribution in [1.29, 1.82) is 0 Å². The van der Waals surface area contributed by atoms with Gasteiger partial charge in [-0.05, 0) is 41.4 Å². The maximum atomic E-state index is 2.58. The molecule has 80 valence electrons. The lowest BCUT2D eigenvalue weighted by atomic mass is 9.98. The van der Waals surface area contributed by atoms with Gasteiger partial charge in [-0.1, -0.05) is 6.08 Å². The van der Waals surface area contributed by atoms with E-state index in [9.17, 15) is 0 Å². The molecule has 2 nitrogen and oxygen atoms in total. The molecule has 0 radical (unpaired) electrons. The predicted molar refractivity (Wildman–Crippen MR) is 76.9 cm³/mol. The minimum absolute atomic E-state index is 0.941. The Balaban J connectivity index is 1.71. The third-order valence-corrected chi connectivity index (χ3v) is 4.77. The van der Waals surface area contributed by atoms with Crippen LogP contribution in [0, 0.1) is 5.92 Å². The molecule has 0 amide bonds. The van der Waals surface area contributed by atoms with Gasteiger partial charge in [0.15, 0.2) is 0 Å². The summed E-state index contributed by atoms with van der Waals surface area (Å²) in [5, 5.41) is 0. The Morgan fingerprint density at radius 1 is 1.36 bits per heavy atom. The highest BCUT2D eigenvalue weighted by Crippen LogP contribution is 2.23. The third-order valence-electron chi connectivity index (χ3n) is 3.02. The highest BCUT2D eigenvalue weighted by Gasteiger charge is 2.21. The normalized spacial score (nSPS) is 26.9. The number of piperidine rings is 1. The molecule has 0 bridgehead atoms. The summed E-state index contributed by atoms with van der Waals surface area (Å²) in [6.07, 6.45) is 5.13. The van der Waals surface area contributed by atoms with Crippen molar-refractivity contribution in [2.75, 3.05) is 32.7 Å². The molecule has 0 aromatic carbocycles. The van der Waals surface area contributed by atoms with Gasteiger partial charge in [-0.2, -0.15) is 0 Å². The van der Waals surface area contributed by atoms with Crippen molar-refractivity contribution in [3.63, 3.8) is 0 Å². The topological polar surface area (TPSA) is 6.48 Å². The largest absolute Gasteiger partial charge is 0.295 e. The van der Waals surface area contributed by atoms with E-state index in [2.05, 4.69) is 59.5 Å². The van der Waals surface area contributed by atoms with Crippen LogP contribution in [0.15, 0.2) is 9.66 Å². The van der Waals surface area contributed by atoms with E-state index >= 15 is 0 Å². The number of nitrogens with zero attached hydrogens (tertiary/aromatic N) is 2. The van der Waals surface area contributed by atoms with Crippen LogP contribution in [0.2, 0.25) is 0 Å². The Kier molecular flexibility index (Phi) is 4.52. The molecule has 0 N–H and O–H groups in total. The van der Waals surface area contributed by atoms with E-state index in [1.54, 1.807) is 0 Å². The summed E-state index contributed by atoms with van der Waals surface area (Å²) in [7, 11) is 0. The molecule has 1 saturated heterocycles. The zero-order valence-electron chi connectivity index (χ0n) is 8.25. The van der Waals surface area contributed by atoms with Crippen LogP contribution in [0.3, 0.4) is 0 Å². The Morgan fingerprint density at radius 2 is 2.07 bits per heavy atom. The average Bonchev–Trinajstić information content (AvgIpc) is 2.56. The first-order valence-corrected chi connectivity index (χ1v) is 7.26. The summed E-state index contributed by atoms with van der Waals surface area (Å²) in [6.45, 7) is 6.26. The van der Waals surface area contributed by atoms with Gasteiger partial charge in [-0.25, -0.2) is 3.11 Å². The fraction of sp³-hybridized carbons (Fsp3) is 0.800. The summed E-state index contributed by atoms with van der Waals surface area (Å²) in [6, 6.07) is 0. The van der Waals surface area contributed by atoms with Gasteiger partial charge in [0.25, 0.3) is 0 Å². The van der Waals surface area contributed by atoms with E-state index in [4.69, 9.17) is 0 Å². The van der Waals surface area contributed by atoms with Crippen LogP contribution in [0.1, 0.15) is 12.8 Å². The molecular formula is C10H16I2N2. The molecule has 4 heteroatoms. The first-order valence-electron chi connectivity index (χ1n) is 5.21. The molecule has 2 heterocycles. The second kappa shape index (κ2) is 5.45. The smallest absolute Gasteiger partial charge is 0.0292 e. The lowest BCUT2D eigenvalue weighted by Gasteiger charge is -2.30. The SMILES string of the molecule is IC1=CCN(CC2CCN(I)CC2)C1. The molecule has 0 saturated carbocycles. The standard InChI is InChI=1S/C10H16I2N2/c11-10-3-4-13(8-10)7-9-1-5-14(12)6-2-9/h3,9H,1-2,4-8H2. The maximum Gasteiger partial charge on any atom is 0.0292 e. The number of hydrogen-bond donors (Lipinski definition) is 0. The molecule has 0 unspecified atom stereocenters. The zero-order valence-corrected chi connectivity index (χ0v) is 12.6. The van der Waals surface area contributed by atoms with Crippen LogP contribution in [0.5, 0.6) is 0 Å². The van der Waals surface area contributed by atoms with Gasteiger partial charge < -0.3 is 0 Å². The molecule has 2 aliphatic rings.